The van der Waals surface area contributed by atoms with Crippen LogP contribution in [0.4, 0.5) is 0 Å². The van der Waals surface area contributed by atoms with Gasteiger partial charge in [-0.15, -0.1) is 0 Å². The molecule has 8 unspecified atom stereocenters. The summed E-state index contributed by atoms with van der Waals surface area (Å²) in [5, 5.41) is 62.3. The van der Waals surface area contributed by atoms with E-state index in [0.717, 1.165) is 6.92 Å². The molecule has 26 heavy (non-hydrogen) atoms. The Morgan fingerprint density at radius 1 is 1.27 bits per heavy atom. The maximum atomic E-state index is 11.2. The van der Waals surface area contributed by atoms with Crippen LogP contribution in [-0.2, 0) is 23.8 Å². The highest BCUT2D eigenvalue weighted by molar-refractivity contribution is 5.82. The minimum atomic E-state index is -1.77. The Kier molecular flexibility index (Phi) is 6.52. The zero-order valence-corrected chi connectivity index (χ0v) is 13.6. The third-order valence-electron chi connectivity index (χ3n) is 3.93. The van der Waals surface area contributed by atoms with E-state index in [-0.39, 0.29) is 0 Å². The van der Waals surface area contributed by atoms with E-state index in [1.165, 1.54) is 0 Å². The molecule has 0 bridgehead atoms. The summed E-state index contributed by atoms with van der Waals surface area (Å²) in [4.78, 5) is 22.1. The van der Waals surface area contributed by atoms with E-state index in [2.05, 4.69) is 5.32 Å². The van der Waals surface area contributed by atoms with Crippen molar-refractivity contribution in [3.8, 4) is 0 Å². The van der Waals surface area contributed by atoms with Crippen molar-refractivity contribution in [2.24, 2.45) is 0 Å². The zero-order chi connectivity index (χ0) is 19.6. The predicted octanol–water partition coefficient (Wildman–Crippen LogP) is -5.34. The van der Waals surface area contributed by atoms with Gasteiger partial charge in [0, 0.05) is 6.92 Å². The molecule has 2 aliphatic heterocycles. The smallest absolute Gasteiger partial charge is 0.229 e. The number of aliphatic hydroxyl groups excluding tert-OH is 5. The molecule has 2 heterocycles. The fourth-order valence-corrected chi connectivity index (χ4v) is 2.67. The monoisotopic (exact) mass is 378 g/mol. The second-order valence-corrected chi connectivity index (χ2v) is 5.85. The third-order valence-corrected chi connectivity index (χ3v) is 3.93. The maximum absolute atomic E-state index is 11.2. The molecule has 1 saturated heterocycles. The largest absolute Gasteiger partial charge is 0.542 e. The zero-order valence-electron chi connectivity index (χ0n) is 13.6. The van der Waals surface area contributed by atoms with E-state index in [0.29, 0.717) is 6.08 Å². The molecule has 2 rings (SSSR count). The van der Waals surface area contributed by atoms with Crippen molar-refractivity contribution >= 4 is 11.9 Å². The van der Waals surface area contributed by atoms with Crippen molar-refractivity contribution in [2.45, 2.75) is 56.1 Å². The average molecular weight is 378 g/mol. The Hall–Kier alpha value is -1.80. The number of aliphatic carboxylic acids is 1. The molecule has 1 amide bonds. The van der Waals surface area contributed by atoms with Gasteiger partial charge in [-0.3, -0.25) is 4.79 Å². The van der Waals surface area contributed by atoms with Crippen LogP contribution in [0.5, 0.6) is 0 Å². The van der Waals surface area contributed by atoms with Gasteiger partial charge >= 0.3 is 0 Å². The Bertz CT molecular complexity index is 567. The highest BCUT2D eigenvalue weighted by Crippen LogP contribution is 2.27. The Balaban J connectivity index is 2.19. The van der Waals surface area contributed by atoms with Crippen molar-refractivity contribution in [3.63, 3.8) is 0 Å². The summed E-state index contributed by atoms with van der Waals surface area (Å²) in [6.07, 6.45) is -10.5. The molecule has 0 radical (unpaired) electrons. The van der Waals surface area contributed by atoms with E-state index in [9.17, 15) is 40.2 Å². The number of carboxylic acids is 1. The van der Waals surface area contributed by atoms with E-state index < -0.39 is 73.4 Å². The molecule has 0 aromatic heterocycles. The van der Waals surface area contributed by atoms with Gasteiger partial charge in [-0.25, -0.2) is 0 Å². The summed E-state index contributed by atoms with van der Waals surface area (Å²) in [5.74, 6) is -3.15. The van der Waals surface area contributed by atoms with Gasteiger partial charge in [-0.1, -0.05) is 0 Å². The van der Waals surface area contributed by atoms with Crippen LogP contribution in [0, 0.1) is 0 Å². The molecule has 0 aliphatic carbocycles. The lowest BCUT2D eigenvalue weighted by atomic mass is 9.96. The minimum absolute atomic E-state index is 0.593. The van der Waals surface area contributed by atoms with Crippen LogP contribution >= 0.6 is 0 Å². The Labute approximate surface area is 147 Å². The van der Waals surface area contributed by atoms with Crippen molar-refractivity contribution in [3.05, 3.63) is 11.8 Å². The first-order valence-corrected chi connectivity index (χ1v) is 7.66. The molecule has 12 heteroatoms. The quantitative estimate of drug-likeness (QED) is 0.267. The number of amides is 1. The molecule has 2 aliphatic rings. The number of rotatable bonds is 5. The molecule has 12 nitrogen and oxygen atoms in total. The van der Waals surface area contributed by atoms with Gasteiger partial charge in [-0.2, -0.15) is 0 Å². The molecule has 0 aromatic rings. The number of nitrogens with one attached hydrogen (secondary N) is 1. The topological polar surface area (TPSA) is 198 Å². The van der Waals surface area contributed by atoms with Gasteiger partial charge in [0.15, 0.2) is 6.29 Å². The average Bonchev–Trinajstić information content (AvgIpc) is 2.56. The van der Waals surface area contributed by atoms with Crippen molar-refractivity contribution < 1.29 is 54.4 Å². The summed E-state index contributed by atoms with van der Waals surface area (Å²) in [5.41, 5.74) is 0. The van der Waals surface area contributed by atoms with Gasteiger partial charge in [0.1, 0.15) is 48.3 Å². The van der Waals surface area contributed by atoms with Crippen LogP contribution in [0.25, 0.3) is 0 Å². The normalized spacial score (nSPS) is 40.3. The lowest BCUT2D eigenvalue weighted by Gasteiger charge is -2.44. The first kappa shape index (κ1) is 20.5. The molecular formula is C14H20NO11-. The van der Waals surface area contributed by atoms with E-state index in [4.69, 9.17) is 14.2 Å². The van der Waals surface area contributed by atoms with Gasteiger partial charge in [0.25, 0.3) is 0 Å². The molecular weight excluding hydrogens is 358 g/mol. The summed E-state index contributed by atoms with van der Waals surface area (Å²) in [6, 6.07) is -1.33. The highest BCUT2D eigenvalue weighted by atomic mass is 16.7. The molecule has 0 spiro atoms. The first-order valence-electron chi connectivity index (χ1n) is 7.66. The first-order chi connectivity index (χ1) is 12.1. The predicted molar refractivity (Wildman–Crippen MR) is 76.4 cm³/mol. The fraction of sp³-hybridized carbons (Fsp3) is 0.714. The van der Waals surface area contributed by atoms with Crippen LogP contribution in [0.1, 0.15) is 6.92 Å². The van der Waals surface area contributed by atoms with Crippen LogP contribution in [-0.4, -0.2) is 93.2 Å². The van der Waals surface area contributed by atoms with Gasteiger partial charge in [-0.05, 0) is 6.08 Å². The Morgan fingerprint density at radius 2 is 1.92 bits per heavy atom. The SMILES string of the molecule is CC(=O)NC1C(O)OC(CO)C(OC2OC(C(=O)[O-])=CC(O)C2O)C1O. The van der Waals surface area contributed by atoms with Crippen LogP contribution in [0.15, 0.2) is 11.8 Å². The van der Waals surface area contributed by atoms with Gasteiger partial charge < -0.3 is 55.0 Å². The van der Waals surface area contributed by atoms with Crippen LogP contribution in [0.2, 0.25) is 0 Å². The highest BCUT2D eigenvalue weighted by Gasteiger charge is 2.48. The summed E-state index contributed by atoms with van der Waals surface area (Å²) in [7, 11) is 0. The molecule has 148 valence electrons. The Morgan fingerprint density at radius 3 is 2.46 bits per heavy atom. The molecule has 0 aromatic carbocycles. The number of hydrogen-bond donors (Lipinski definition) is 6. The molecule has 8 atom stereocenters. The third kappa shape index (κ3) is 4.29. The summed E-state index contributed by atoms with van der Waals surface area (Å²) in [6.45, 7) is 0.412. The number of aliphatic hydroxyl groups is 5. The summed E-state index contributed by atoms with van der Waals surface area (Å²) < 4.78 is 15.3. The second-order valence-electron chi connectivity index (χ2n) is 5.85. The number of ether oxygens (including phenoxy) is 3. The van der Waals surface area contributed by atoms with Crippen LogP contribution < -0.4 is 10.4 Å². The lowest BCUT2D eigenvalue weighted by Crippen LogP contribution is -2.65. The lowest BCUT2D eigenvalue weighted by molar-refractivity contribution is -0.322. The number of carbonyl (C=O) groups is 2. The second kappa shape index (κ2) is 8.26. The van der Waals surface area contributed by atoms with Crippen molar-refractivity contribution in [1.29, 1.82) is 0 Å². The maximum Gasteiger partial charge on any atom is 0.229 e. The number of carbonyl (C=O) groups excluding carboxylic acids is 2. The number of hydrogen-bond acceptors (Lipinski definition) is 11. The van der Waals surface area contributed by atoms with E-state index in [1.54, 1.807) is 0 Å². The molecule has 1 fully saturated rings. The van der Waals surface area contributed by atoms with Crippen molar-refractivity contribution in [2.75, 3.05) is 6.61 Å². The van der Waals surface area contributed by atoms with E-state index in [1.807, 2.05) is 0 Å². The van der Waals surface area contributed by atoms with Crippen LogP contribution in [0.3, 0.4) is 0 Å². The molecule has 0 saturated carbocycles. The van der Waals surface area contributed by atoms with E-state index >= 15 is 0 Å². The number of carboxylic acid groups (broad SMARTS) is 1. The molecule has 6 N–H and O–H groups in total. The standard InChI is InChI=1S/C14H21NO11/c1-4(17)15-8-10(20)11(7(3-16)24-13(8)23)26-14-9(19)5(18)2-6(25-14)12(21)22/h2,5,7-11,13-14,16,18-20,23H,3H2,1H3,(H,15,17)(H,21,22)/p-1. The van der Waals surface area contributed by atoms with Gasteiger partial charge in [0.05, 0.1) is 6.61 Å². The minimum Gasteiger partial charge on any atom is -0.542 e. The fourth-order valence-electron chi connectivity index (χ4n) is 2.67. The van der Waals surface area contributed by atoms with Crippen molar-refractivity contribution in [1.82, 2.24) is 5.32 Å². The van der Waals surface area contributed by atoms with Gasteiger partial charge in [0.2, 0.25) is 12.2 Å². The summed E-state index contributed by atoms with van der Waals surface area (Å²) >= 11 is 0.